The molecule has 0 aliphatic heterocycles. The maximum Gasteiger partial charge on any atom is 0.416 e. The summed E-state index contributed by atoms with van der Waals surface area (Å²) in [5, 5.41) is 4.94. The Morgan fingerprint density at radius 3 is 2.71 bits per heavy atom. The monoisotopic (exact) mass is 305 g/mol. The number of benzene rings is 1. The van der Waals surface area contributed by atoms with E-state index in [2.05, 4.69) is 10.6 Å². The zero-order valence-electron chi connectivity index (χ0n) is 11.5. The number of hydrogen-bond donors (Lipinski definition) is 3. The van der Waals surface area contributed by atoms with Gasteiger partial charge < -0.3 is 21.1 Å². The third kappa shape index (κ3) is 6.01. The predicted octanol–water partition coefficient (Wildman–Crippen LogP) is 2.19. The lowest BCUT2D eigenvalue weighted by Gasteiger charge is -2.17. The minimum Gasteiger partial charge on any atom is -0.383 e. The minimum atomic E-state index is -4.45. The van der Waals surface area contributed by atoms with Crippen LogP contribution >= 0.6 is 0 Å². The van der Waals surface area contributed by atoms with Crippen LogP contribution in [0.1, 0.15) is 12.0 Å². The van der Waals surface area contributed by atoms with Crippen LogP contribution in [-0.2, 0) is 10.9 Å². The van der Waals surface area contributed by atoms with E-state index in [9.17, 15) is 18.0 Å². The zero-order valence-corrected chi connectivity index (χ0v) is 11.5. The Morgan fingerprint density at radius 2 is 2.14 bits per heavy atom. The van der Waals surface area contributed by atoms with Crippen molar-refractivity contribution in [2.75, 3.05) is 25.6 Å². The third-order valence-corrected chi connectivity index (χ3v) is 2.67. The number of ether oxygens (including phenoxy) is 1. The summed E-state index contributed by atoms with van der Waals surface area (Å²) in [7, 11) is 1.48. The maximum atomic E-state index is 12.6. The van der Waals surface area contributed by atoms with Crippen molar-refractivity contribution in [3.05, 3.63) is 29.8 Å². The highest BCUT2D eigenvalue weighted by atomic mass is 19.4. The number of alkyl halides is 3. The fourth-order valence-corrected chi connectivity index (χ4v) is 1.73. The molecule has 0 aliphatic carbocycles. The van der Waals surface area contributed by atoms with Gasteiger partial charge in [-0.25, -0.2) is 4.79 Å². The molecular formula is C13H18F3N3O2. The van der Waals surface area contributed by atoms with Gasteiger partial charge in [0.2, 0.25) is 0 Å². The molecule has 118 valence electrons. The molecule has 1 aromatic carbocycles. The van der Waals surface area contributed by atoms with Crippen LogP contribution in [0, 0.1) is 0 Å². The van der Waals surface area contributed by atoms with Gasteiger partial charge in [-0.15, -0.1) is 0 Å². The number of carbonyl (C=O) groups excluding carboxylic acids is 1. The van der Waals surface area contributed by atoms with Crippen molar-refractivity contribution in [3.63, 3.8) is 0 Å². The molecule has 0 aromatic heterocycles. The lowest BCUT2D eigenvalue weighted by atomic mass is 10.2. The van der Waals surface area contributed by atoms with Crippen LogP contribution in [0.15, 0.2) is 24.3 Å². The summed E-state index contributed by atoms with van der Waals surface area (Å²) in [6, 6.07) is 3.50. The largest absolute Gasteiger partial charge is 0.416 e. The van der Waals surface area contributed by atoms with Crippen LogP contribution < -0.4 is 16.4 Å². The number of anilines is 1. The van der Waals surface area contributed by atoms with Crippen molar-refractivity contribution in [1.29, 1.82) is 0 Å². The molecule has 5 nitrogen and oxygen atoms in total. The number of nitrogens with two attached hydrogens (primary N) is 1. The minimum absolute atomic E-state index is 0.0613. The number of carbonyl (C=O) groups is 1. The molecular weight excluding hydrogens is 287 g/mol. The molecule has 0 fully saturated rings. The van der Waals surface area contributed by atoms with E-state index in [1.807, 2.05) is 0 Å². The second-order valence-electron chi connectivity index (χ2n) is 4.41. The molecule has 0 aliphatic rings. The molecule has 4 N–H and O–H groups in total. The van der Waals surface area contributed by atoms with Gasteiger partial charge in [-0.05, 0) is 31.2 Å². The van der Waals surface area contributed by atoms with Crippen LogP contribution in [0.5, 0.6) is 0 Å². The average molecular weight is 305 g/mol. The summed E-state index contributed by atoms with van der Waals surface area (Å²) in [6.07, 6.45) is -3.95. The van der Waals surface area contributed by atoms with Gasteiger partial charge in [0.1, 0.15) is 0 Å². The normalized spacial score (nSPS) is 12.8. The summed E-state index contributed by atoms with van der Waals surface area (Å²) >= 11 is 0. The van der Waals surface area contributed by atoms with E-state index in [0.29, 0.717) is 13.0 Å². The standard InChI is InChI=1S/C13H18F3N3O2/c1-21-8-11(5-6-17)19-12(20)18-10-4-2-3-9(7-10)13(14,15)16/h2-4,7,11H,5-6,8,17H2,1H3,(H2,18,19,20). The Balaban J connectivity index is 2.66. The second-order valence-corrected chi connectivity index (χ2v) is 4.41. The van der Waals surface area contributed by atoms with Gasteiger partial charge in [0, 0.05) is 12.8 Å². The highest BCUT2D eigenvalue weighted by Gasteiger charge is 2.30. The fourth-order valence-electron chi connectivity index (χ4n) is 1.73. The quantitative estimate of drug-likeness (QED) is 0.754. The van der Waals surface area contributed by atoms with E-state index in [4.69, 9.17) is 10.5 Å². The van der Waals surface area contributed by atoms with Gasteiger partial charge in [0.15, 0.2) is 0 Å². The van der Waals surface area contributed by atoms with E-state index in [0.717, 1.165) is 12.1 Å². The number of amides is 2. The Labute approximate surface area is 120 Å². The fraction of sp³-hybridized carbons (Fsp3) is 0.462. The molecule has 0 bridgehead atoms. The molecule has 0 saturated carbocycles. The van der Waals surface area contributed by atoms with Gasteiger partial charge >= 0.3 is 12.2 Å². The first kappa shape index (κ1) is 17.3. The number of hydrogen-bond acceptors (Lipinski definition) is 3. The molecule has 2 amide bonds. The number of urea groups is 1. The highest BCUT2D eigenvalue weighted by Crippen LogP contribution is 2.30. The van der Waals surface area contributed by atoms with Crippen molar-refractivity contribution in [2.45, 2.75) is 18.6 Å². The molecule has 1 atom stereocenters. The molecule has 1 rings (SSSR count). The van der Waals surface area contributed by atoms with E-state index in [1.165, 1.54) is 19.2 Å². The van der Waals surface area contributed by atoms with Gasteiger partial charge in [0.25, 0.3) is 0 Å². The number of rotatable bonds is 6. The number of nitrogens with one attached hydrogen (secondary N) is 2. The van der Waals surface area contributed by atoms with Gasteiger partial charge in [0.05, 0.1) is 18.2 Å². The van der Waals surface area contributed by atoms with Crippen molar-refractivity contribution >= 4 is 11.7 Å². The zero-order chi connectivity index (χ0) is 15.9. The van der Waals surface area contributed by atoms with Gasteiger partial charge in [-0.3, -0.25) is 0 Å². The van der Waals surface area contributed by atoms with Crippen LogP contribution in [0.25, 0.3) is 0 Å². The first-order chi connectivity index (χ1) is 9.86. The molecule has 0 radical (unpaired) electrons. The summed E-state index contributed by atoms with van der Waals surface area (Å²) in [5.41, 5.74) is 4.64. The lowest BCUT2D eigenvalue weighted by molar-refractivity contribution is -0.137. The second kappa shape index (κ2) is 7.84. The lowest BCUT2D eigenvalue weighted by Crippen LogP contribution is -2.41. The molecule has 1 aromatic rings. The Kier molecular flexibility index (Phi) is 6.44. The van der Waals surface area contributed by atoms with E-state index >= 15 is 0 Å². The van der Waals surface area contributed by atoms with E-state index in [1.54, 1.807) is 0 Å². The topological polar surface area (TPSA) is 76.4 Å². The maximum absolute atomic E-state index is 12.6. The first-order valence-electron chi connectivity index (χ1n) is 6.30. The summed E-state index contributed by atoms with van der Waals surface area (Å²) < 4.78 is 42.6. The number of halogens is 3. The van der Waals surface area contributed by atoms with Crippen LogP contribution in [0.3, 0.4) is 0 Å². The molecule has 0 saturated heterocycles. The van der Waals surface area contributed by atoms with Gasteiger partial charge in [-0.1, -0.05) is 6.07 Å². The van der Waals surface area contributed by atoms with Crippen molar-refractivity contribution in [2.24, 2.45) is 5.73 Å². The Morgan fingerprint density at radius 1 is 1.43 bits per heavy atom. The summed E-state index contributed by atoms with van der Waals surface area (Å²) in [6.45, 7) is 0.630. The summed E-state index contributed by atoms with van der Waals surface area (Å²) in [4.78, 5) is 11.7. The van der Waals surface area contributed by atoms with Crippen LogP contribution in [0.4, 0.5) is 23.7 Å². The number of methoxy groups -OCH3 is 1. The molecule has 0 heterocycles. The van der Waals surface area contributed by atoms with Crippen LogP contribution in [0.2, 0.25) is 0 Å². The van der Waals surface area contributed by atoms with E-state index in [-0.39, 0.29) is 18.3 Å². The van der Waals surface area contributed by atoms with Crippen LogP contribution in [-0.4, -0.2) is 32.3 Å². The highest BCUT2D eigenvalue weighted by molar-refractivity contribution is 5.89. The molecule has 1 unspecified atom stereocenters. The van der Waals surface area contributed by atoms with E-state index < -0.39 is 17.8 Å². The first-order valence-corrected chi connectivity index (χ1v) is 6.30. The summed E-state index contributed by atoms with van der Waals surface area (Å²) in [5.74, 6) is 0. The smallest absolute Gasteiger partial charge is 0.383 e. The molecule has 21 heavy (non-hydrogen) atoms. The van der Waals surface area contributed by atoms with Crippen molar-refractivity contribution < 1.29 is 22.7 Å². The third-order valence-electron chi connectivity index (χ3n) is 2.67. The molecule has 8 heteroatoms. The van der Waals surface area contributed by atoms with Gasteiger partial charge in [-0.2, -0.15) is 13.2 Å². The SMILES string of the molecule is COCC(CCN)NC(=O)Nc1cccc(C(F)(F)F)c1. The van der Waals surface area contributed by atoms with Crippen molar-refractivity contribution in [1.82, 2.24) is 5.32 Å². The predicted molar refractivity (Wildman–Crippen MR) is 72.9 cm³/mol. The van der Waals surface area contributed by atoms with Crippen molar-refractivity contribution in [3.8, 4) is 0 Å². The Hall–Kier alpha value is -1.80. The average Bonchev–Trinajstić information content (AvgIpc) is 2.38. The Bertz CT molecular complexity index is 460. The molecule has 0 spiro atoms.